The van der Waals surface area contributed by atoms with Gasteiger partial charge in [0.1, 0.15) is 0 Å². The van der Waals surface area contributed by atoms with E-state index in [0.29, 0.717) is 29.9 Å². The smallest absolute Gasteiger partial charge is 0.337 e. The average molecular weight is 429 g/mol. The first kappa shape index (κ1) is 17.7. The van der Waals surface area contributed by atoms with Gasteiger partial charge in [0.25, 0.3) is 5.91 Å². The zero-order chi connectivity index (χ0) is 19.1. The maximum atomic E-state index is 13.0. The van der Waals surface area contributed by atoms with Crippen LogP contribution in [0.5, 0.6) is 0 Å². The summed E-state index contributed by atoms with van der Waals surface area (Å²) in [5.74, 6) is -0.487. The molecule has 27 heavy (non-hydrogen) atoms. The van der Waals surface area contributed by atoms with E-state index in [9.17, 15) is 9.59 Å². The first-order chi connectivity index (χ1) is 13.0. The van der Waals surface area contributed by atoms with Crippen LogP contribution in [0.15, 0.2) is 41.1 Å². The van der Waals surface area contributed by atoms with Crippen LogP contribution in [0.2, 0.25) is 0 Å². The molecule has 1 atom stereocenters. The van der Waals surface area contributed by atoms with Crippen molar-refractivity contribution in [3.63, 3.8) is 0 Å². The van der Waals surface area contributed by atoms with Crippen LogP contribution in [0.4, 0.5) is 0 Å². The second-order valence-electron chi connectivity index (χ2n) is 6.43. The first-order valence-corrected chi connectivity index (χ1v) is 9.30. The lowest BCUT2D eigenvalue weighted by Gasteiger charge is -2.35. The number of esters is 1. The summed E-state index contributed by atoms with van der Waals surface area (Å²) in [6.07, 6.45) is 4.11. The standard InChI is InChI=1S/C19H17BrN4O3/c1-11-15-4-3-13(19(26)27-2)7-12(15)5-6-23(11)18(25)16-8-17-21-9-14(20)10-24(17)22-16/h3-4,7-11H,5-6H2,1-2H3. The molecule has 1 amide bonds. The van der Waals surface area contributed by atoms with Gasteiger partial charge >= 0.3 is 5.97 Å². The molecule has 0 bridgehead atoms. The number of hydrogen-bond donors (Lipinski definition) is 0. The lowest BCUT2D eigenvalue weighted by molar-refractivity contribution is 0.0597. The first-order valence-electron chi connectivity index (χ1n) is 8.51. The predicted molar refractivity (Wildman–Crippen MR) is 102 cm³/mol. The number of aromatic nitrogens is 3. The lowest BCUT2D eigenvalue weighted by Crippen LogP contribution is -2.39. The van der Waals surface area contributed by atoms with Crippen molar-refractivity contribution in [1.29, 1.82) is 0 Å². The van der Waals surface area contributed by atoms with Crippen molar-refractivity contribution in [2.24, 2.45) is 0 Å². The Morgan fingerprint density at radius 2 is 2.11 bits per heavy atom. The molecular formula is C19H17BrN4O3. The van der Waals surface area contributed by atoms with Gasteiger partial charge in [-0.15, -0.1) is 0 Å². The highest BCUT2D eigenvalue weighted by Crippen LogP contribution is 2.31. The Bertz CT molecular complexity index is 1060. The van der Waals surface area contributed by atoms with Crippen molar-refractivity contribution >= 4 is 33.5 Å². The number of carbonyl (C=O) groups excluding carboxylic acids is 2. The van der Waals surface area contributed by atoms with Crippen molar-refractivity contribution < 1.29 is 14.3 Å². The van der Waals surface area contributed by atoms with E-state index in [1.54, 1.807) is 33.9 Å². The van der Waals surface area contributed by atoms with Crippen LogP contribution in [0.3, 0.4) is 0 Å². The third kappa shape index (κ3) is 3.10. The van der Waals surface area contributed by atoms with Gasteiger partial charge in [-0.2, -0.15) is 5.10 Å². The van der Waals surface area contributed by atoms with Crippen molar-refractivity contribution in [3.8, 4) is 0 Å². The molecule has 7 nitrogen and oxygen atoms in total. The normalized spacial score (nSPS) is 16.3. The van der Waals surface area contributed by atoms with Crippen molar-refractivity contribution in [3.05, 3.63) is 63.5 Å². The summed E-state index contributed by atoms with van der Waals surface area (Å²) in [6.45, 7) is 2.54. The van der Waals surface area contributed by atoms with E-state index < -0.39 is 0 Å². The van der Waals surface area contributed by atoms with Gasteiger partial charge in [-0.25, -0.2) is 14.3 Å². The van der Waals surface area contributed by atoms with Crippen LogP contribution < -0.4 is 0 Å². The number of nitrogens with zero attached hydrogens (tertiary/aromatic N) is 4. The number of benzene rings is 1. The van der Waals surface area contributed by atoms with E-state index >= 15 is 0 Å². The minimum absolute atomic E-state index is 0.113. The van der Waals surface area contributed by atoms with Gasteiger partial charge < -0.3 is 9.64 Å². The summed E-state index contributed by atoms with van der Waals surface area (Å²) in [5, 5.41) is 4.36. The van der Waals surface area contributed by atoms with E-state index in [2.05, 4.69) is 26.0 Å². The van der Waals surface area contributed by atoms with Crippen LogP contribution in [0.25, 0.3) is 5.65 Å². The van der Waals surface area contributed by atoms with Gasteiger partial charge in [-0.1, -0.05) is 6.07 Å². The SMILES string of the molecule is COC(=O)c1ccc2c(c1)CCN(C(=O)c1cc3ncc(Br)cn3n1)C2C. The molecule has 1 unspecified atom stereocenters. The van der Waals surface area contributed by atoms with Crippen molar-refractivity contribution in [1.82, 2.24) is 19.5 Å². The zero-order valence-corrected chi connectivity index (χ0v) is 16.4. The number of ether oxygens (including phenoxy) is 1. The number of carbonyl (C=O) groups is 2. The molecule has 3 heterocycles. The van der Waals surface area contributed by atoms with Crippen LogP contribution in [-0.2, 0) is 11.2 Å². The Balaban J connectivity index is 1.63. The van der Waals surface area contributed by atoms with Gasteiger partial charge in [0.15, 0.2) is 11.3 Å². The minimum atomic E-state index is -0.354. The number of halogens is 1. The number of rotatable bonds is 2. The number of amides is 1. The molecule has 0 saturated heterocycles. The third-order valence-electron chi connectivity index (χ3n) is 4.87. The van der Waals surface area contributed by atoms with Crippen LogP contribution in [-0.4, -0.2) is 45.0 Å². The Kier molecular flexibility index (Phi) is 4.43. The lowest BCUT2D eigenvalue weighted by atomic mass is 9.91. The molecular weight excluding hydrogens is 412 g/mol. The third-order valence-corrected chi connectivity index (χ3v) is 5.27. The molecule has 0 radical (unpaired) electrons. The molecule has 1 aliphatic rings. The maximum Gasteiger partial charge on any atom is 0.337 e. The van der Waals surface area contributed by atoms with E-state index in [1.807, 2.05) is 19.1 Å². The summed E-state index contributed by atoms with van der Waals surface area (Å²) in [6, 6.07) is 7.07. The van der Waals surface area contributed by atoms with Gasteiger partial charge in [-0.05, 0) is 52.5 Å². The highest BCUT2D eigenvalue weighted by molar-refractivity contribution is 9.10. The fourth-order valence-corrected chi connectivity index (χ4v) is 3.76. The zero-order valence-electron chi connectivity index (χ0n) is 14.8. The summed E-state index contributed by atoms with van der Waals surface area (Å²) in [4.78, 5) is 30.8. The fraction of sp³-hybridized carbons (Fsp3) is 0.263. The Morgan fingerprint density at radius 1 is 1.30 bits per heavy atom. The molecule has 4 rings (SSSR count). The second-order valence-corrected chi connectivity index (χ2v) is 7.35. The van der Waals surface area contributed by atoms with Crippen LogP contribution in [0, 0.1) is 0 Å². The highest BCUT2D eigenvalue weighted by Gasteiger charge is 2.30. The van der Waals surface area contributed by atoms with E-state index in [4.69, 9.17) is 4.74 Å². The van der Waals surface area contributed by atoms with Crippen LogP contribution in [0.1, 0.15) is 44.9 Å². The average Bonchev–Trinajstić information content (AvgIpc) is 3.10. The number of hydrogen-bond acceptors (Lipinski definition) is 5. The minimum Gasteiger partial charge on any atom is -0.465 e. The highest BCUT2D eigenvalue weighted by atomic mass is 79.9. The monoisotopic (exact) mass is 428 g/mol. The van der Waals surface area contributed by atoms with E-state index in [1.165, 1.54) is 7.11 Å². The van der Waals surface area contributed by atoms with E-state index in [-0.39, 0.29) is 17.9 Å². The Labute approximate surface area is 164 Å². The largest absolute Gasteiger partial charge is 0.465 e. The molecule has 2 aromatic heterocycles. The van der Waals surface area contributed by atoms with Gasteiger partial charge in [0.2, 0.25) is 0 Å². The van der Waals surface area contributed by atoms with Crippen LogP contribution >= 0.6 is 15.9 Å². The molecule has 1 aliphatic heterocycles. The van der Waals surface area contributed by atoms with Crippen molar-refractivity contribution in [2.75, 3.05) is 13.7 Å². The predicted octanol–water partition coefficient (Wildman–Crippen LogP) is 3.04. The summed E-state index contributed by atoms with van der Waals surface area (Å²) in [5.41, 5.74) is 3.61. The Morgan fingerprint density at radius 3 is 2.89 bits per heavy atom. The second kappa shape index (κ2) is 6.77. The molecule has 0 aliphatic carbocycles. The van der Waals surface area contributed by atoms with Gasteiger partial charge in [0, 0.05) is 25.0 Å². The molecule has 0 saturated carbocycles. The van der Waals surface area contributed by atoms with Gasteiger partial charge in [0.05, 0.1) is 23.2 Å². The topological polar surface area (TPSA) is 76.8 Å². The number of fused-ring (bicyclic) bond motifs is 2. The molecule has 0 fully saturated rings. The van der Waals surface area contributed by atoms with Crippen molar-refractivity contribution in [2.45, 2.75) is 19.4 Å². The van der Waals surface area contributed by atoms with Gasteiger partial charge in [-0.3, -0.25) is 4.79 Å². The molecule has 0 spiro atoms. The Hall–Kier alpha value is -2.74. The summed E-state index contributed by atoms with van der Waals surface area (Å²) < 4.78 is 7.16. The van der Waals surface area contributed by atoms with E-state index in [0.717, 1.165) is 15.6 Å². The molecule has 0 N–H and O–H groups in total. The molecule has 138 valence electrons. The quantitative estimate of drug-likeness (QED) is 0.586. The molecule has 3 aromatic rings. The fourth-order valence-electron chi connectivity index (χ4n) is 3.46. The summed E-state index contributed by atoms with van der Waals surface area (Å²) >= 11 is 3.35. The maximum absolute atomic E-state index is 13.0. The summed E-state index contributed by atoms with van der Waals surface area (Å²) in [7, 11) is 1.37. The number of methoxy groups -OCH3 is 1. The molecule has 1 aromatic carbocycles. The molecule has 8 heteroatoms.